The third-order valence-electron chi connectivity index (χ3n) is 2.53. The van der Waals surface area contributed by atoms with Crippen molar-refractivity contribution in [3.05, 3.63) is 28.0 Å². The summed E-state index contributed by atoms with van der Waals surface area (Å²) in [4.78, 5) is 39.4. The fourth-order valence-electron chi connectivity index (χ4n) is 1.56. The van der Waals surface area contributed by atoms with Crippen LogP contribution in [0.5, 0.6) is 0 Å². The highest BCUT2D eigenvalue weighted by Gasteiger charge is 2.29. The van der Waals surface area contributed by atoms with Gasteiger partial charge in [-0.05, 0) is 6.07 Å². The molecule has 1 N–H and O–H groups in total. The van der Waals surface area contributed by atoms with Crippen molar-refractivity contribution in [3.8, 4) is 0 Å². The molecule has 1 aliphatic heterocycles. The average Bonchev–Trinajstić information content (AvgIpc) is 2.73. The van der Waals surface area contributed by atoms with Crippen molar-refractivity contribution >= 4 is 52.0 Å². The molecule has 0 spiro atoms. The van der Waals surface area contributed by atoms with Crippen molar-refractivity contribution in [1.29, 1.82) is 0 Å². The topological polar surface area (TPSA) is 79.4 Å². The number of nitrogens with zero attached hydrogens (tertiary/aromatic N) is 2. The Bertz CT molecular complexity index is 566. The largest absolute Gasteiger partial charge is 0.350 e. The zero-order chi connectivity index (χ0) is 14.7. The minimum atomic E-state index is -0.439. The van der Waals surface area contributed by atoms with E-state index in [0.717, 1.165) is 16.7 Å². The molecule has 106 valence electrons. The first-order valence-corrected chi connectivity index (χ1v) is 7.29. The lowest BCUT2D eigenvalue weighted by molar-refractivity contribution is -0.124. The van der Waals surface area contributed by atoms with Gasteiger partial charge in [0.15, 0.2) is 0 Å². The van der Waals surface area contributed by atoms with Crippen molar-refractivity contribution in [3.63, 3.8) is 0 Å². The van der Waals surface area contributed by atoms with E-state index in [4.69, 9.17) is 23.2 Å². The predicted molar refractivity (Wildman–Crippen MR) is 76.2 cm³/mol. The van der Waals surface area contributed by atoms with Crippen LogP contribution in [0.2, 0.25) is 10.2 Å². The molecular formula is C11H9Cl2N3O3S. The van der Waals surface area contributed by atoms with Crippen LogP contribution in [0.4, 0.5) is 4.79 Å². The van der Waals surface area contributed by atoms with Gasteiger partial charge in [-0.1, -0.05) is 35.0 Å². The lowest BCUT2D eigenvalue weighted by atomic mass is 10.2. The molecule has 0 unspecified atom stereocenters. The minimum absolute atomic E-state index is 0.132. The smallest absolute Gasteiger partial charge is 0.288 e. The molecule has 1 fully saturated rings. The highest BCUT2D eigenvalue weighted by atomic mass is 35.5. The first-order chi connectivity index (χ1) is 9.49. The van der Waals surface area contributed by atoms with Gasteiger partial charge in [0, 0.05) is 19.3 Å². The molecule has 1 aromatic rings. The first kappa shape index (κ1) is 15.1. The van der Waals surface area contributed by atoms with Crippen molar-refractivity contribution in [2.24, 2.45) is 0 Å². The van der Waals surface area contributed by atoms with Crippen molar-refractivity contribution in [2.45, 2.75) is 0 Å². The highest BCUT2D eigenvalue weighted by Crippen LogP contribution is 2.19. The Hall–Kier alpha value is -1.31. The minimum Gasteiger partial charge on any atom is -0.350 e. The molecule has 1 saturated heterocycles. The summed E-state index contributed by atoms with van der Waals surface area (Å²) in [5, 5.41) is 2.60. The van der Waals surface area contributed by atoms with Gasteiger partial charge in [0.1, 0.15) is 5.15 Å². The summed E-state index contributed by atoms with van der Waals surface area (Å²) < 4.78 is 0. The summed E-state index contributed by atoms with van der Waals surface area (Å²) in [6.45, 7) is 0.278. The fourth-order valence-corrected chi connectivity index (χ4v) is 2.66. The monoisotopic (exact) mass is 333 g/mol. The van der Waals surface area contributed by atoms with E-state index in [2.05, 4.69) is 10.3 Å². The number of thioether (sulfide) groups is 1. The SMILES string of the molecule is O=C(NCCN1C(=O)CSC1=O)c1cc(Cl)ncc1Cl. The van der Waals surface area contributed by atoms with E-state index in [1.165, 1.54) is 12.3 Å². The Morgan fingerprint density at radius 1 is 1.45 bits per heavy atom. The summed E-state index contributed by atoms with van der Waals surface area (Å²) in [7, 11) is 0. The molecule has 2 rings (SSSR count). The Morgan fingerprint density at radius 2 is 2.20 bits per heavy atom. The number of carbonyl (C=O) groups is 3. The maximum atomic E-state index is 11.9. The van der Waals surface area contributed by atoms with E-state index in [1.54, 1.807) is 0 Å². The highest BCUT2D eigenvalue weighted by molar-refractivity contribution is 8.14. The standard InChI is InChI=1S/C11H9Cl2N3O3S/c12-7-4-15-8(13)3-6(7)10(18)14-1-2-16-9(17)5-20-11(16)19/h3-4H,1-2,5H2,(H,14,18). The molecule has 1 aliphatic rings. The van der Waals surface area contributed by atoms with Gasteiger partial charge >= 0.3 is 0 Å². The third kappa shape index (κ3) is 3.41. The molecule has 3 amide bonds. The molecule has 2 heterocycles. The van der Waals surface area contributed by atoms with E-state index in [9.17, 15) is 14.4 Å². The van der Waals surface area contributed by atoms with E-state index in [1.807, 2.05) is 0 Å². The van der Waals surface area contributed by atoms with Crippen LogP contribution in [0.25, 0.3) is 0 Å². The lowest BCUT2D eigenvalue weighted by Crippen LogP contribution is -2.37. The second-order valence-corrected chi connectivity index (χ2v) is 5.56. The van der Waals surface area contributed by atoms with Gasteiger partial charge < -0.3 is 5.32 Å². The second-order valence-electron chi connectivity index (χ2n) is 3.84. The van der Waals surface area contributed by atoms with Crippen molar-refractivity contribution < 1.29 is 14.4 Å². The van der Waals surface area contributed by atoms with Crippen LogP contribution in [0.15, 0.2) is 12.3 Å². The predicted octanol–water partition coefficient (Wildman–Crippen LogP) is 1.81. The van der Waals surface area contributed by atoms with Crippen LogP contribution < -0.4 is 5.32 Å². The van der Waals surface area contributed by atoms with E-state index < -0.39 is 5.91 Å². The third-order valence-corrected chi connectivity index (χ3v) is 3.89. The van der Waals surface area contributed by atoms with Crippen LogP contribution >= 0.6 is 35.0 Å². The Labute approximate surface area is 128 Å². The molecule has 0 aromatic carbocycles. The Morgan fingerprint density at radius 3 is 2.85 bits per heavy atom. The normalized spacial score (nSPS) is 14.8. The number of aromatic nitrogens is 1. The van der Waals surface area contributed by atoms with Crippen molar-refractivity contribution in [2.75, 3.05) is 18.8 Å². The molecule has 0 radical (unpaired) electrons. The Balaban J connectivity index is 1.91. The zero-order valence-electron chi connectivity index (χ0n) is 10.1. The number of hydrogen-bond acceptors (Lipinski definition) is 5. The van der Waals surface area contributed by atoms with Crippen molar-refractivity contribution in [1.82, 2.24) is 15.2 Å². The maximum Gasteiger partial charge on any atom is 0.288 e. The quantitative estimate of drug-likeness (QED) is 0.850. The molecule has 0 saturated carbocycles. The van der Waals surface area contributed by atoms with E-state index in [0.29, 0.717) is 0 Å². The van der Waals surface area contributed by atoms with Gasteiger partial charge in [-0.2, -0.15) is 0 Å². The van der Waals surface area contributed by atoms with Crippen LogP contribution in [-0.2, 0) is 4.79 Å². The van der Waals surface area contributed by atoms with Crippen LogP contribution in [0.3, 0.4) is 0 Å². The lowest BCUT2D eigenvalue weighted by Gasteiger charge is -2.13. The molecule has 20 heavy (non-hydrogen) atoms. The number of carbonyl (C=O) groups excluding carboxylic acids is 3. The Kier molecular flexibility index (Phi) is 4.85. The molecule has 0 aliphatic carbocycles. The number of nitrogens with one attached hydrogen (secondary N) is 1. The zero-order valence-corrected chi connectivity index (χ0v) is 12.4. The molecule has 9 heteroatoms. The first-order valence-electron chi connectivity index (χ1n) is 5.55. The fraction of sp³-hybridized carbons (Fsp3) is 0.273. The summed E-state index contributed by atoms with van der Waals surface area (Å²) in [6.07, 6.45) is 1.28. The van der Waals surface area contributed by atoms with Gasteiger partial charge in [0.25, 0.3) is 11.1 Å². The number of rotatable bonds is 4. The van der Waals surface area contributed by atoms with Gasteiger partial charge in [-0.3, -0.25) is 19.3 Å². The number of pyridine rings is 1. The van der Waals surface area contributed by atoms with Crippen LogP contribution in [0, 0.1) is 0 Å². The van der Waals surface area contributed by atoms with Gasteiger partial charge in [-0.25, -0.2) is 4.98 Å². The molecule has 0 atom stereocenters. The summed E-state index contributed by atoms with van der Waals surface area (Å²) in [5.41, 5.74) is 0.195. The van der Waals surface area contributed by atoms with Gasteiger partial charge in [0.05, 0.1) is 16.3 Å². The maximum absolute atomic E-state index is 11.9. The molecular weight excluding hydrogens is 325 g/mol. The molecule has 1 aromatic heterocycles. The van der Waals surface area contributed by atoms with Crippen LogP contribution in [0.1, 0.15) is 10.4 Å². The molecule has 0 bridgehead atoms. The van der Waals surface area contributed by atoms with E-state index >= 15 is 0 Å². The second kappa shape index (κ2) is 6.43. The summed E-state index contributed by atoms with van der Waals surface area (Å²) >= 11 is 12.5. The summed E-state index contributed by atoms with van der Waals surface area (Å²) in [6, 6.07) is 1.35. The van der Waals surface area contributed by atoms with E-state index in [-0.39, 0.29) is 45.7 Å². The number of amides is 3. The average molecular weight is 334 g/mol. The molecule has 6 nitrogen and oxygen atoms in total. The number of hydrogen-bond donors (Lipinski definition) is 1. The van der Waals surface area contributed by atoms with Gasteiger partial charge in [0.2, 0.25) is 5.91 Å². The van der Waals surface area contributed by atoms with Crippen LogP contribution in [-0.4, -0.2) is 45.8 Å². The number of imide groups is 1. The summed E-state index contributed by atoms with van der Waals surface area (Å²) in [5.74, 6) is -0.538. The number of halogens is 2. The van der Waals surface area contributed by atoms with Gasteiger partial charge in [-0.15, -0.1) is 0 Å².